The zero-order chi connectivity index (χ0) is 20.9. The van der Waals surface area contributed by atoms with Crippen molar-refractivity contribution in [2.45, 2.75) is 36.5 Å². The van der Waals surface area contributed by atoms with Crippen LogP contribution in [0.25, 0.3) is 0 Å². The van der Waals surface area contributed by atoms with Crippen LogP contribution in [0, 0.1) is 5.92 Å². The lowest BCUT2D eigenvalue weighted by molar-refractivity contribution is -0.119. The Labute approximate surface area is 182 Å². The molecule has 2 fully saturated rings. The van der Waals surface area contributed by atoms with E-state index in [4.69, 9.17) is 4.74 Å². The van der Waals surface area contributed by atoms with Crippen molar-refractivity contribution >= 4 is 29.3 Å². The summed E-state index contributed by atoms with van der Waals surface area (Å²) < 4.78 is 5.39. The number of fused-ring (bicyclic) bond motifs is 1. The molecule has 2 N–H and O–H groups in total. The van der Waals surface area contributed by atoms with Crippen molar-refractivity contribution in [3.8, 4) is 0 Å². The molecule has 0 spiro atoms. The molecule has 3 aliphatic heterocycles. The summed E-state index contributed by atoms with van der Waals surface area (Å²) in [4.78, 5) is 30.8. The van der Waals surface area contributed by atoms with Crippen LogP contribution in [0.3, 0.4) is 0 Å². The predicted molar refractivity (Wildman–Crippen MR) is 119 cm³/mol. The summed E-state index contributed by atoms with van der Waals surface area (Å²) in [7, 11) is 0. The van der Waals surface area contributed by atoms with Gasteiger partial charge in [-0.1, -0.05) is 18.7 Å². The highest BCUT2D eigenvalue weighted by atomic mass is 32.2. The fraction of sp³-hybridized carbons (Fsp3) is 0.636. The van der Waals surface area contributed by atoms with Crippen molar-refractivity contribution in [1.82, 2.24) is 15.1 Å². The van der Waals surface area contributed by atoms with Gasteiger partial charge in [0, 0.05) is 30.1 Å². The maximum atomic E-state index is 12.6. The molecular weight excluding hydrogens is 400 g/mol. The lowest BCUT2D eigenvalue weighted by Crippen LogP contribution is -2.48. The number of anilines is 1. The maximum Gasteiger partial charge on any atom is 0.252 e. The molecule has 1 atom stereocenters. The Morgan fingerprint density at radius 2 is 2.00 bits per heavy atom. The molecule has 0 saturated carbocycles. The van der Waals surface area contributed by atoms with Crippen LogP contribution in [0.1, 0.15) is 36.5 Å². The molecule has 2 saturated heterocycles. The van der Waals surface area contributed by atoms with E-state index >= 15 is 0 Å². The smallest absolute Gasteiger partial charge is 0.252 e. The molecule has 0 aliphatic carbocycles. The van der Waals surface area contributed by atoms with Crippen LogP contribution >= 0.6 is 11.8 Å². The summed E-state index contributed by atoms with van der Waals surface area (Å²) in [5.41, 5.74) is 1.32. The quantitative estimate of drug-likeness (QED) is 0.672. The fourth-order valence-corrected chi connectivity index (χ4v) is 5.33. The lowest BCUT2D eigenvalue weighted by Gasteiger charge is -2.35. The van der Waals surface area contributed by atoms with E-state index in [1.165, 1.54) is 25.9 Å². The Morgan fingerprint density at radius 1 is 1.23 bits per heavy atom. The normalized spacial score (nSPS) is 23.6. The minimum atomic E-state index is -0.237. The molecule has 1 aromatic carbocycles. The van der Waals surface area contributed by atoms with E-state index in [0.717, 1.165) is 42.6 Å². The van der Waals surface area contributed by atoms with Crippen LogP contribution in [0.2, 0.25) is 0 Å². The summed E-state index contributed by atoms with van der Waals surface area (Å²) in [5, 5.41) is 5.77. The number of amides is 2. The summed E-state index contributed by atoms with van der Waals surface area (Å²) in [5.74, 6) is 0.732. The van der Waals surface area contributed by atoms with Gasteiger partial charge in [-0.25, -0.2) is 0 Å². The summed E-state index contributed by atoms with van der Waals surface area (Å²) >= 11 is 1.55. The minimum Gasteiger partial charge on any atom is -0.379 e. The van der Waals surface area contributed by atoms with Crippen LogP contribution < -0.4 is 10.6 Å². The number of likely N-dealkylation sites (tertiary alicyclic amines) is 1. The van der Waals surface area contributed by atoms with Gasteiger partial charge in [0.2, 0.25) is 0 Å². The van der Waals surface area contributed by atoms with Gasteiger partial charge in [-0.2, -0.15) is 0 Å². The molecule has 1 unspecified atom stereocenters. The molecule has 3 heterocycles. The van der Waals surface area contributed by atoms with Gasteiger partial charge in [0.25, 0.3) is 11.8 Å². The van der Waals surface area contributed by atoms with Crippen LogP contribution in [0.15, 0.2) is 23.1 Å². The summed E-state index contributed by atoms with van der Waals surface area (Å²) in [6.07, 6.45) is 3.51. The second-order valence-corrected chi connectivity index (χ2v) is 9.57. The van der Waals surface area contributed by atoms with Crippen molar-refractivity contribution < 1.29 is 14.3 Å². The third-order valence-corrected chi connectivity index (χ3v) is 7.50. The van der Waals surface area contributed by atoms with Gasteiger partial charge in [0.1, 0.15) is 5.37 Å². The van der Waals surface area contributed by atoms with Gasteiger partial charge >= 0.3 is 0 Å². The second kappa shape index (κ2) is 10.1. The molecule has 0 bridgehead atoms. The number of carbonyl (C=O) groups excluding carboxylic acids is 2. The number of hydrogen-bond donors (Lipinski definition) is 2. The number of piperidine rings is 1. The molecular formula is C22H32N4O3S. The largest absolute Gasteiger partial charge is 0.379 e. The first kappa shape index (κ1) is 21.6. The number of thioether (sulfide) groups is 1. The molecule has 8 heteroatoms. The first-order chi connectivity index (χ1) is 14.6. The number of rotatable bonds is 6. The number of ether oxygens (including phenoxy) is 1. The first-order valence-corrected chi connectivity index (χ1v) is 11.9. The van der Waals surface area contributed by atoms with Crippen LogP contribution in [-0.2, 0) is 9.53 Å². The number of morpholine rings is 1. The van der Waals surface area contributed by atoms with Gasteiger partial charge in [-0.15, -0.1) is 0 Å². The van der Waals surface area contributed by atoms with E-state index in [-0.39, 0.29) is 17.2 Å². The second-order valence-electron chi connectivity index (χ2n) is 8.45. The predicted octanol–water partition coefficient (Wildman–Crippen LogP) is 2.24. The Bertz CT molecular complexity index is 761. The average molecular weight is 433 g/mol. The zero-order valence-electron chi connectivity index (χ0n) is 17.7. The van der Waals surface area contributed by atoms with E-state index in [1.807, 2.05) is 12.1 Å². The van der Waals surface area contributed by atoms with E-state index in [1.54, 1.807) is 17.8 Å². The van der Waals surface area contributed by atoms with E-state index in [0.29, 0.717) is 25.3 Å². The third-order valence-electron chi connectivity index (χ3n) is 6.15. The highest BCUT2D eigenvalue weighted by Gasteiger charge is 2.33. The standard InChI is InChI=1S/C22H32N4O3S/c1-16-5-9-25(10-6-16)8-2-7-23-20(27)17-3-4-19-18(15-17)24-21(28)22(30-19)26-11-13-29-14-12-26/h3-4,15-16,22H,2,5-14H2,1H3,(H,23,27)(H,24,28). The Kier molecular flexibility index (Phi) is 7.30. The molecule has 0 radical (unpaired) electrons. The van der Waals surface area contributed by atoms with E-state index in [9.17, 15) is 9.59 Å². The topological polar surface area (TPSA) is 73.9 Å². The maximum absolute atomic E-state index is 12.6. The number of nitrogens with one attached hydrogen (secondary N) is 2. The van der Waals surface area contributed by atoms with Crippen molar-refractivity contribution in [3.05, 3.63) is 23.8 Å². The zero-order valence-corrected chi connectivity index (χ0v) is 18.5. The highest BCUT2D eigenvalue weighted by molar-refractivity contribution is 8.00. The molecule has 3 aliphatic rings. The van der Waals surface area contributed by atoms with Gasteiger partial charge in [0.15, 0.2) is 0 Å². The van der Waals surface area contributed by atoms with Crippen LogP contribution in [0.5, 0.6) is 0 Å². The van der Waals surface area contributed by atoms with Crippen molar-refractivity contribution in [1.29, 1.82) is 0 Å². The molecule has 2 amide bonds. The Balaban J connectivity index is 1.27. The fourth-order valence-electron chi connectivity index (χ4n) is 4.18. The van der Waals surface area contributed by atoms with E-state index in [2.05, 4.69) is 27.4 Å². The summed E-state index contributed by atoms with van der Waals surface area (Å²) in [6, 6.07) is 5.58. The molecule has 1 aromatic rings. The first-order valence-electron chi connectivity index (χ1n) is 11.0. The molecule has 0 aromatic heterocycles. The SMILES string of the molecule is CC1CCN(CCCNC(=O)c2ccc3c(c2)NC(=O)C(N2CCOCC2)S3)CC1. The lowest BCUT2D eigenvalue weighted by atomic mass is 9.99. The number of hydrogen-bond acceptors (Lipinski definition) is 6. The third kappa shape index (κ3) is 5.35. The Morgan fingerprint density at radius 3 is 2.77 bits per heavy atom. The summed E-state index contributed by atoms with van der Waals surface area (Å²) in [6.45, 7) is 9.20. The van der Waals surface area contributed by atoms with Gasteiger partial charge in [-0.3, -0.25) is 14.5 Å². The molecule has 7 nitrogen and oxygen atoms in total. The van der Waals surface area contributed by atoms with E-state index < -0.39 is 0 Å². The monoisotopic (exact) mass is 432 g/mol. The van der Waals surface area contributed by atoms with Crippen molar-refractivity contribution in [3.63, 3.8) is 0 Å². The number of carbonyl (C=O) groups is 2. The number of benzene rings is 1. The van der Waals surface area contributed by atoms with Crippen LogP contribution in [-0.4, -0.2) is 79.5 Å². The Hall–Kier alpha value is -1.61. The van der Waals surface area contributed by atoms with Gasteiger partial charge in [0.05, 0.1) is 18.9 Å². The molecule has 30 heavy (non-hydrogen) atoms. The van der Waals surface area contributed by atoms with Gasteiger partial charge in [-0.05, 0) is 63.0 Å². The molecule has 4 rings (SSSR count). The highest BCUT2D eigenvalue weighted by Crippen LogP contribution is 2.37. The average Bonchev–Trinajstić information content (AvgIpc) is 2.77. The molecule has 164 valence electrons. The minimum absolute atomic E-state index is 0.0252. The van der Waals surface area contributed by atoms with Crippen LogP contribution in [0.4, 0.5) is 5.69 Å². The number of nitrogens with zero attached hydrogens (tertiary/aromatic N) is 2. The van der Waals surface area contributed by atoms with Gasteiger partial charge < -0.3 is 20.3 Å². The van der Waals surface area contributed by atoms with Crippen molar-refractivity contribution in [2.24, 2.45) is 5.92 Å². The van der Waals surface area contributed by atoms with Crippen molar-refractivity contribution in [2.75, 3.05) is 57.8 Å².